The van der Waals surface area contributed by atoms with Gasteiger partial charge in [0.15, 0.2) is 11.5 Å². The van der Waals surface area contributed by atoms with E-state index in [1.165, 1.54) is 4.88 Å². The van der Waals surface area contributed by atoms with Crippen LogP contribution in [0.1, 0.15) is 49.8 Å². The molecule has 0 radical (unpaired) electrons. The molecular formula is C25H24ClN3O4S. The number of ether oxygens (including phenoxy) is 2. The number of hydrogen-bond acceptors (Lipinski definition) is 7. The van der Waals surface area contributed by atoms with Crippen molar-refractivity contribution in [2.24, 2.45) is 0 Å². The van der Waals surface area contributed by atoms with E-state index in [1.807, 2.05) is 13.0 Å². The lowest BCUT2D eigenvalue weighted by Crippen LogP contribution is -2.38. The van der Waals surface area contributed by atoms with Crippen LogP contribution in [0.25, 0.3) is 0 Å². The number of hydrogen-bond donors (Lipinski definition) is 2. The van der Waals surface area contributed by atoms with E-state index in [-0.39, 0.29) is 17.2 Å². The molecule has 1 atom stereocenters. The molecule has 2 aliphatic rings. The van der Waals surface area contributed by atoms with Crippen LogP contribution < -0.4 is 20.1 Å². The Morgan fingerprint density at radius 3 is 2.82 bits per heavy atom. The number of benzene rings is 2. The van der Waals surface area contributed by atoms with E-state index in [1.54, 1.807) is 47.7 Å². The molecule has 3 aromatic rings. The average molecular weight is 498 g/mol. The minimum atomic E-state index is -0.567. The largest absolute Gasteiger partial charge is 0.490 e. The molecule has 7 nitrogen and oxygen atoms in total. The van der Waals surface area contributed by atoms with Crippen LogP contribution in [-0.2, 0) is 13.0 Å². The maximum absolute atomic E-state index is 13.0. The minimum absolute atomic E-state index is 0.0759. The van der Waals surface area contributed by atoms with Crippen LogP contribution in [0, 0.1) is 0 Å². The molecule has 0 saturated heterocycles. The van der Waals surface area contributed by atoms with Gasteiger partial charge in [0.05, 0.1) is 22.8 Å². The Morgan fingerprint density at radius 1 is 1.21 bits per heavy atom. The quantitative estimate of drug-likeness (QED) is 0.387. The van der Waals surface area contributed by atoms with Gasteiger partial charge in [-0.1, -0.05) is 29.8 Å². The fourth-order valence-electron chi connectivity index (χ4n) is 4.25. The molecule has 1 amide bonds. The predicted octanol–water partition coefficient (Wildman–Crippen LogP) is 4.86. The van der Waals surface area contributed by atoms with Crippen molar-refractivity contribution in [3.63, 3.8) is 0 Å². The van der Waals surface area contributed by atoms with Gasteiger partial charge in [0, 0.05) is 18.0 Å². The number of esters is 1. The lowest BCUT2D eigenvalue weighted by Gasteiger charge is -2.28. The number of rotatable bonds is 5. The molecular weight excluding hydrogens is 474 g/mol. The zero-order chi connectivity index (χ0) is 23.8. The molecule has 9 heteroatoms. The summed E-state index contributed by atoms with van der Waals surface area (Å²) in [7, 11) is 2.09. The molecule has 1 aromatic heterocycles. The van der Waals surface area contributed by atoms with Crippen LogP contribution in [0.5, 0.6) is 11.5 Å². The summed E-state index contributed by atoms with van der Waals surface area (Å²) < 4.78 is 11.3. The first-order valence-electron chi connectivity index (χ1n) is 11.1. The highest BCUT2D eigenvalue weighted by Crippen LogP contribution is 2.41. The fraction of sp³-hybridized carbons (Fsp3) is 0.280. The molecule has 5 rings (SSSR count). The van der Waals surface area contributed by atoms with Gasteiger partial charge in [-0.3, -0.25) is 4.79 Å². The smallest absolute Gasteiger partial charge is 0.345 e. The summed E-state index contributed by atoms with van der Waals surface area (Å²) >= 11 is 7.77. The van der Waals surface area contributed by atoms with Gasteiger partial charge in [-0.25, -0.2) is 4.79 Å². The molecule has 2 aromatic carbocycles. The van der Waals surface area contributed by atoms with E-state index < -0.39 is 12.1 Å². The number of fused-ring (bicyclic) bond motifs is 3. The van der Waals surface area contributed by atoms with Gasteiger partial charge in [0.25, 0.3) is 5.91 Å². The van der Waals surface area contributed by atoms with Gasteiger partial charge in [-0.2, -0.15) is 0 Å². The maximum Gasteiger partial charge on any atom is 0.345 e. The molecule has 0 aliphatic carbocycles. The Labute approximate surface area is 206 Å². The number of nitrogens with zero attached hydrogens (tertiary/aromatic N) is 1. The zero-order valence-electron chi connectivity index (χ0n) is 18.8. The second-order valence-corrected chi connectivity index (χ2v) is 9.77. The van der Waals surface area contributed by atoms with Gasteiger partial charge in [-0.15, -0.1) is 11.3 Å². The van der Waals surface area contributed by atoms with Crippen LogP contribution in [0.15, 0.2) is 42.5 Å². The highest BCUT2D eigenvalue weighted by Gasteiger charge is 2.33. The van der Waals surface area contributed by atoms with Gasteiger partial charge in [-0.05, 0) is 55.8 Å². The van der Waals surface area contributed by atoms with Gasteiger partial charge >= 0.3 is 5.97 Å². The summed E-state index contributed by atoms with van der Waals surface area (Å²) in [6, 6.07) is 12.0. The van der Waals surface area contributed by atoms with Crippen molar-refractivity contribution in [2.45, 2.75) is 26.1 Å². The van der Waals surface area contributed by atoms with Crippen molar-refractivity contribution in [1.82, 2.24) is 10.2 Å². The van der Waals surface area contributed by atoms with Gasteiger partial charge in [0.1, 0.15) is 11.2 Å². The monoisotopic (exact) mass is 497 g/mol. The number of thiophene rings is 1. The van der Waals surface area contributed by atoms with Crippen LogP contribution >= 0.6 is 22.9 Å². The SMILES string of the molecule is CCOc1cc([C@@H]2NC(=O)c3c(sc4c3CCN(C)C4)N2)ccc1OC(=O)c1ccccc1Cl. The van der Waals surface area contributed by atoms with Crippen LogP contribution in [0.3, 0.4) is 0 Å². The highest BCUT2D eigenvalue weighted by atomic mass is 35.5. The number of anilines is 1. The topological polar surface area (TPSA) is 79.9 Å². The van der Waals surface area contributed by atoms with E-state index in [0.29, 0.717) is 17.4 Å². The van der Waals surface area contributed by atoms with Gasteiger partial charge < -0.3 is 25.0 Å². The first-order chi connectivity index (χ1) is 16.4. The molecule has 0 unspecified atom stereocenters. The number of carbonyl (C=O) groups excluding carboxylic acids is 2. The van der Waals surface area contributed by atoms with E-state index in [2.05, 4.69) is 22.6 Å². The highest BCUT2D eigenvalue weighted by molar-refractivity contribution is 7.16. The predicted molar refractivity (Wildman–Crippen MR) is 132 cm³/mol. The molecule has 0 saturated carbocycles. The van der Waals surface area contributed by atoms with Crippen molar-refractivity contribution in [1.29, 1.82) is 0 Å². The van der Waals surface area contributed by atoms with E-state index in [4.69, 9.17) is 21.1 Å². The summed E-state index contributed by atoms with van der Waals surface area (Å²) in [5, 5.41) is 7.73. The van der Waals surface area contributed by atoms with Crippen LogP contribution in [0.4, 0.5) is 5.00 Å². The van der Waals surface area contributed by atoms with Crippen molar-refractivity contribution >= 4 is 39.8 Å². The summed E-state index contributed by atoms with van der Waals surface area (Å²) in [5.41, 5.74) is 2.98. The normalized spacial score (nSPS) is 17.3. The first-order valence-corrected chi connectivity index (χ1v) is 12.3. The molecule has 2 N–H and O–H groups in total. The Morgan fingerprint density at radius 2 is 2.03 bits per heavy atom. The summed E-state index contributed by atoms with van der Waals surface area (Å²) in [6.07, 6.45) is 0.447. The Hall–Kier alpha value is -3.07. The Kier molecular flexibility index (Phi) is 6.20. The first kappa shape index (κ1) is 22.7. The third kappa shape index (κ3) is 4.24. The van der Waals surface area contributed by atoms with E-state index in [0.717, 1.165) is 41.2 Å². The standard InChI is InChI=1S/C25H24ClN3O4S/c1-3-32-19-12-14(8-9-18(19)33-25(31)15-6-4-5-7-17(15)26)22-27-23(30)21-16-10-11-29(2)13-20(16)34-24(21)28-22/h4-9,12,22,28H,3,10-11,13H2,1-2H3,(H,27,30)/t22-/m1/s1. The Balaban J connectivity index is 1.41. The third-order valence-electron chi connectivity index (χ3n) is 5.92. The second-order valence-electron chi connectivity index (χ2n) is 8.26. The maximum atomic E-state index is 13.0. The minimum Gasteiger partial charge on any atom is -0.490 e. The summed E-state index contributed by atoms with van der Waals surface area (Å²) in [4.78, 5) is 29.2. The molecule has 2 aliphatic heterocycles. The van der Waals surface area contributed by atoms with Crippen molar-refractivity contribution in [3.8, 4) is 11.5 Å². The van der Waals surface area contributed by atoms with Gasteiger partial charge in [0.2, 0.25) is 0 Å². The number of halogens is 1. The molecule has 0 bridgehead atoms. The zero-order valence-corrected chi connectivity index (χ0v) is 20.4. The second kappa shape index (κ2) is 9.29. The Bertz CT molecular complexity index is 1280. The van der Waals surface area contributed by atoms with Crippen molar-refractivity contribution < 1.29 is 19.1 Å². The molecule has 0 fully saturated rings. The fourth-order valence-corrected chi connectivity index (χ4v) is 5.81. The molecule has 3 heterocycles. The lowest BCUT2D eigenvalue weighted by molar-refractivity contribution is 0.0728. The molecule has 0 spiro atoms. The summed E-state index contributed by atoms with van der Waals surface area (Å²) in [6.45, 7) is 4.04. The number of amides is 1. The van der Waals surface area contributed by atoms with Crippen LogP contribution in [0.2, 0.25) is 5.02 Å². The average Bonchev–Trinajstić information content (AvgIpc) is 3.18. The van der Waals surface area contributed by atoms with Crippen molar-refractivity contribution in [2.75, 3.05) is 25.5 Å². The molecule has 34 heavy (non-hydrogen) atoms. The van der Waals surface area contributed by atoms with E-state index in [9.17, 15) is 9.59 Å². The number of nitrogens with one attached hydrogen (secondary N) is 2. The lowest BCUT2D eigenvalue weighted by atomic mass is 10.0. The third-order valence-corrected chi connectivity index (χ3v) is 7.40. The number of carbonyl (C=O) groups is 2. The number of likely N-dealkylation sites (N-methyl/N-ethyl adjacent to an activating group) is 1. The molecule has 176 valence electrons. The van der Waals surface area contributed by atoms with Crippen LogP contribution in [-0.4, -0.2) is 37.0 Å². The summed E-state index contributed by atoms with van der Waals surface area (Å²) in [5.74, 6) is 0.0532. The van der Waals surface area contributed by atoms with Crippen molar-refractivity contribution in [3.05, 3.63) is 74.6 Å². The van der Waals surface area contributed by atoms with E-state index >= 15 is 0 Å².